The monoisotopic (exact) mass is 181 g/mol. The van der Waals surface area contributed by atoms with Crippen LogP contribution in [0.2, 0.25) is 0 Å². The zero-order valence-corrected chi connectivity index (χ0v) is 7.71. The zero-order valence-electron chi connectivity index (χ0n) is 6.90. The molecule has 2 nitrogen and oxygen atoms in total. The number of aliphatic hydroxyl groups excluding tert-OH is 1. The lowest BCUT2D eigenvalue weighted by molar-refractivity contribution is 0.160. The van der Waals surface area contributed by atoms with Crippen LogP contribution < -0.4 is 0 Å². The molecule has 0 aliphatic carbocycles. The van der Waals surface area contributed by atoms with Gasteiger partial charge in [0.15, 0.2) is 0 Å². The van der Waals surface area contributed by atoms with Gasteiger partial charge in [0.05, 0.1) is 12.2 Å². The van der Waals surface area contributed by atoms with E-state index < -0.39 is 6.10 Å². The molecule has 0 radical (unpaired) electrons. The van der Waals surface area contributed by atoms with E-state index in [0.29, 0.717) is 6.42 Å². The summed E-state index contributed by atoms with van der Waals surface area (Å²) in [6.07, 6.45) is 0.0523. The van der Waals surface area contributed by atoms with Crippen molar-refractivity contribution in [3.05, 3.63) is 22.4 Å². The molecule has 1 rings (SSSR count). The lowest BCUT2D eigenvalue weighted by Crippen LogP contribution is -2.00. The highest BCUT2D eigenvalue weighted by atomic mass is 32.1. The quantitative estimate of drug-likeness (QED) is 0.777. The van der Waals surface area contributed by atoms with Crippen LogP contribution >= 0.6 is 11.3 Å². The lowest BCUT2D eigenvalue weighted by Gasteiger charge is -2.08. The van der Waals surface area contributed by atoms with Crippen molar-refractivity contribution in [1.29, 1.82) is 5.26 Å². The van der Waals surface area contributed by atoms with Gasteiger partial charge in [-0.15, -0.1) is 11.3 Å². The van der Waals surface area contributed by atoms with E-state index in [1.54, 1.807) is 0 Å². The average molecular weight is 181 g/mol. The lowest BCUT2D eigenvalue weighted by atomic mass is 10.0. The van der Waals surface area contributed by atoms with Crippen LogP contribution in [0.4, 0.5) is 0 Å². The van der Waals surface area contributed by atoms with Crippen LogP contribution in [0.15, 0.2) is 17.5 Å². The molecular weight excluding hydrogens is 170 g/mol. The summed E-state index contributed by atoms with van der Waals surface area (Å²) in [7, 11) is 0. The van der Waals surface area contributed by atoms with Crippen LogP contribution in [0, 0.1) is 17.2 Å². The molecule has 0 aliphatic heterocycles. The largest absolute Gasteiger partial charge is 0.388 e. The fourth-order valence-electron chi connectivity index (χ4n) is 0.985. The van der Waals surface area contributed by atoms with Crippen molar-refractivity contribution in [2.24, 2.45) is 5.92 Å². The van der Waals surface area contributed by atoms with Gasteiger partial charge in [0.2, 0.25) is 0 Å². The molecule has 0 fully saturated rings. The minimum Gasteiger partial charge on any atom is -0.388 e. The van der Waals surface area contributed by atoms with Gasteiger partial charge in [-0.25, -0.2) is 0 Å². The van der Waals surface area contributed by atoms with Gasteiger partial charge in [-0.05, 0) is 24.8 Å². The maximum absolute atomic E-state index is 9.57. The maximum Gasteiger partial charge on any atom is 0.0894 e. The number of nitriles is 1. The van der Waals surface area contributed by atoms with Crippen LogP contribution in [0.3, 0.4) is 0 Å². The van der Waals surface area contributed by atoms with Crippen molar-refractivity contribution in [2.75, 3.05) is 0 Å². The molecule has 1 aromatic rings. The van der Waals surface area contributed by atoms with Crippen molar-refractivity contribution < 1.29 is 5.11 Å². The van der Waals surface area contributed by atoms with Gasteiger partial charge < -0.3 is 5.11 Å². The van der Waals surface area contributed by atoms with Crippen LogP contribution in [-0.4, -0.2) is 5.11 Å². The van der Waals surface area contributed by atoms with Crippen molar-refractivity contribution in [2.45, 2.75) is 19.4 Å². The molecule has 0 saturated carbocycles. The predicted octanol–water partition coefficient (Wildman–Crippen LogP) is 2.33. The molecule has 64 valence electrons. The molecule has 0 spiro atoms. The van der Waals surface area contributed by atoms with E-state index in [-0.39, 0.29) is 5.92 Å². The smallest absolute Gasteiger partial charge is 0.0894 e. The number of hydrogen-bond donors (Lipinski definition) is 1. The van der Waals surface area contributed by atoms with E-state index in [1.165, 1.54) is 11.3 Å². The molecule has 2 unspecified atom stereocenters. The normalized spacial score (nSPS) is 15.1. The first-order valence-electron chi connectivity index (χ1n) is 3.85. The summed E-state index contributed by atoms with van der Waals surface area (Å²) in [5, 5.41) is 20.0. The molecule has 1 heterocycles. The van der Waals surface area contributed by atoms with Gasteiger partial charge in [-0.3, -0.25) is 0 Å². The average Bonchev–Trinajstić information content (AvgIpc) is 2.56. The Kier molecular flexibility index (Phi) is 3.27. The fourth-order valence-corrected chi connectivity index (χ4v) is 1.71. The van der Waals surface area contributed by atoms with E-state index in [9.17, 15) is 5.11 Å². The molecule has 12 heavy (non-hydrogen) atoms. The van der Waals surface area contributed by atoms with Crippen molar-refractivity contribution >= 4 is 11.3 Å². The minimum absolute atomic E-state index is 0.0814. The van der Waals surface area contributed by atoms with Gasteiger partial charge in [-0.2, -0.15) is 5.26 Å². The van der Waals surface area contributed by atoms with Crippen LogP contribution in [0.5, 0.6) is 0 Å². The summed E-state index contributed by atoms with van der Waals surface area (Å²) in [5.41, 5.74) is 0. The van der Waals surface area contributed by atoms with Crippen molar-refractivity contribution in [3.63, 3.8) is 0 Å². The number of nitrogens with zero attached hydrogens (tertiary/aromatic N) is 1. The molecule has 0 bridgehead atoms. The Morgan fingerprint density at radius 1 is 1.75 bits per heavy atom. The summed E-state index contributed by atoms with van der Waals surface area (Å²) < 4.78 is 0. The van der Waals surface area contributed by atoms with E-state index in [1.807, 2.05) is 24.4 Å². The van der Waals surface area contributed by atoms with E-state index >= 15 is 0 Å². The molecular formula is C9H11NOS. The second kappa shape index (κ2) is 4.24. The molecule has 2 atom stereocenters. The van der Waals surface area contributed by atoms with E-state index in [2.05, 4.69) is 6.07 Å². The second-order valence-electron chi connectivity index (χ2n) is 2.80. The highest BCUT2D eigenvalue weighted by Crippen LogP contribution is 2.24. The Labute approximate surface area is 76.1 Å². The van der Waals surface area contributed by atoms with Crippen LogP contribution in [0.25, 0.3) is 0 Å². The molecule has 0 aliphatic rings. The van der Waals surface area contributed by atoms with Gasteiger partial charge >= 0.3 is 0 Å². The first kappa shape index (κ1) is 9.24. The maximum atomic E-state index is 9.57. The summed E-state index contributed by atoms with van der Waals surface area (Å²) in [6, 6.07) is 5.89. The van der Waals surface area contributed by atoms with Crippen molar-refractivity contribution in [3.8, 4) is 6.07 Å². The first-order valence-corrected chi connectivity index (χ1v) is 4.73. The van der Waals surface area contributed by atoms with Gasteiger partial charge in [0, 0.05) is 10.8 Å². The van der Waals surface area contributed by atoms with Gasteiger partial charge in [0.1, 0.15) is 0 Å². The van der Waals surface area contributed by atoms with Gasteiger partial charge in [0.25, 0.3) is 0 Å². The van der Waals surface area contributed by atoms with Crippen LogP contribution in [0.1, 0.15) is 24.3 Å². The molecule has 0 amide bonds. The molecule has 3 heteroatoms. The Morgan fingerprint density at radius 3 is 3.00 bits per heavy atom. The third kappa shape index (κ3) is 2.33. The topological polar surface area (TPSA) is 44.0 Å². The third-order valence-electron chi connectivity index (χ3n) is 1.67. The third-order valence-corrected chi connectivity index (χ3v) is 2.64. The summed E-state index contributed by atoms with van der Waals surface area (Å²) in [5.74, 6) is -0.0814. The molecule has 0 aromatic carbocycles. The van der Waals surface area contributed by atoms with Crippen molar-refractivity contribution in [1.82, 2.24) is 0 Å². The van der Waals surface area contributed by atoms with E-state index in [0.717, 1.165) is 4.88 Å². The summed E-state index contributed by atoms with van der Waals surface area (Å²) in [4.78, 5) is 0.942. The van der Waals surface area contributed by atoms with Crippen LogP contribution in [-0.2, 0) is 0 Å². The first-order chi connectivity index (χ1) is 5.74. The summed E-state index contributed by atoms with van der Waals surface area (Å²) >= 11 is 1.52. The molecule has 0 saturated heterocycles. The standard InChI is InChI=1S/C9H11NOS/c1-7(6-10)5-8(11)9-3-2-4-12-9/h2-4,7-8,11H,5H2,1H3. The Morgan fingerprint density at radius 2 is 2.50 bits per heavy atom. The number of hydrogen-bond acceptors (Lipinski definition) is 3. The predicted molar refractivity (Wildman–Crippen MR) is 48.7 cm³/mol. The minimum atomic E-state index is -0.473. The summed E-state index contributed by atoms with van der Waals surface area (Å²) in [6.45, 7) is 1.82. The fraction of sp³-hybridized carbons (Fsp3) is 0.444. The Bertz CT molecular complexity index is 263. The number of aliphatic hydroxyl groups is 1. The number of thiophene rings is 1. The highest BCUT2D eigenvalue weighted by molar-refractivity contribution is 7.10. The Balaban J connectivity index is 2.51. The Hall–Kier alpha value is -0.850. The second-order valence-corrected chi connectivity index (χ2v) is 3.78. The number of rotatable bonds is 3. The molecule has 1 N–H and O–H groups in total. The van der Waals surface area contributed by atoms with E-state index in [4.69, 9.17) is 5.26 Å². The zero-order chi connectivity index (χ0) is 8.97. The van der Waals surface area contributed by atoms with Gasteiger partial charge in [-0.1, -0.05) is 6.07 Å². The molecule has 1 aromatic heterocycles. The SMILES string of the molecule is CC(C#N)CC(O)c1cccs1. The highest BCUT2D eigenvalue weighted by Gasteiger charge is 2.12.